The van der Waals surface area contributed by atoms with E-state index in [2.05, 4.69) is 97.8 Å². The van der Waals surface area contributed by atoms with E-state index in [1.54, 1.807) is 0 Å². The second kappa shape index (κ2) is 11.6. The first-order valence-electron chi connectivity index (χ1n) is 15.8. The van der Waals surface area contributed by atoms with Crippen molar-refractivity contribution in [2.24, 2.45) is 9.98 Å². The lowest BCUT2D eigenvalue weighted by Crippen LogP contribution is -2.03. The number of aliphatic imine (C=N–C) groups is 2. The Hall–Kier alpha value is -6.60. The highest BCUT2D eigenvalue weighted by molar-refractivity contribution is 6.34. The zero-order valence-electron chi connectivity index (χ0n) is 25.7. The first-order valence-corrected chi connectivity index (χ1v) is 15.8. The Bertz CT molecular complexity index is 2200. The number of hydrogen-bond acceptors (Lipinski definition) is 6. The summed E-state index contributed by atoms with van der Waals surface area (Å²) in [5.74, 6) is 0. The van der Waals surface area contributed by atoms with Crippen molar-refractivity contribution in [3.63, 3.8) is 0 Å². The molecule has 0 unspecified atom stereocenters. The first-order chi connectivity index (χ1) is 23.8. The van der Waals surface area contributed by atoms with Crippen LogP contribution in [0.2, 0.25) is 0 Å². The van der Waals surface area contributed by atoms with Gasteiger partial charge in [0.15, 0.2) is 0 Å². The number of aromatic nitrogens is 5. The van der Waals surface area contributed by atoms with E-state index in [0.717, 1.165) is 85.2 Å². The van der Waals surface area contributed by atoms with Crippen molar-refractivity contribution in [3.8, 4) is 0 Å². The van der Waals surface area contributed by atoms with Gasteiger partial charge in [0, 0.05) is 83.3 Å². The van der Waals surface area contributed by atoms with Gasteiger partial charge < -0.3 is 4.98 Å². The number of nitrogens with zero attached hydrogens (tertiary/aromatic N) is 6. The van der Waals surface area contributed by atoms with E-state index in [1.165, 1.54) is 11.1 Å². The van der Waals surface area contributed by atoms with Crippen molar-refractivity contribution in [3.05, 3.63) is 203 Å². The minimum absolute atomic E-state index is 0.722. The summed E-state index contributed by atoms with van der Waals surface area (Å²) in [4.78, 5) is 31.6. The number of fused-ring (bicyclic) bond motifs is 6. The Balaban J connectivity index is 1.36. The second-order valence-electron chi connectivity index (χ2n) is 11.7. The monoisotopic (exact) mass is 617 g/mol. The third-order valence-electron chi connectivity index (χ3n) is 8.91. The van der Waals surface area contributed by atoms with Crippen LogP contribution < -0.4 is 0 Å². The molecule has 1 aliphatic carbocycles. The fourth-order valence-corrected chi connectivity index (χ4v) is 6.79. The van der Waals surface area contributed by atoms with Crippen LogP contribution in [0.15, 0.2) is 179 Å². The van der Waals surface area contributed by atoms with E-state index in [1.807, 2.05) is 73.8 Å². The van der Waals surface area contributed by atoms with Crippen LogP contribution in [0.1, 0.15) is 40.1 Å². The van der Waals surface area contributed by atoms with Crippen molar-refractivity contribution >= 4 is 33.7 Å². The van der Waals surface area contributed by atoms with Gasteiger partial charge >= 0.3 is 0 Å². The number of allylic oxidation sites excluding steroid dienone is 10. The maximum Gasteiger partial charge on any atom is 0.0737 e. The summed E-state index contributed by atoms with van der Waals surface area (Å²) in [7, 11) is 0. The smallest absolute Gasteiger partial charge is 0.0737 e. The Labute approximate surface area is 277 Å². The molecule has 0 atom stereocenters. The van der Waals surface area contributed by atoms with Crippen molar-refractivity contribution < 1.29 is 0 Å². The number of pyridine rings is 4. The molecule has 4 aliphatic rings. The molecular weight excluding hydrogens is 591 g/mol. The fraction of sp³-hybridized carbons (Fsp3) is 0.0244. The molecule has 7 nitrogen and oxygen atoms in total. The summed E-state index contributed by atoms with van der Waals surface area (Å²) < 4.78 is 0. The summed E-state index contributed by atoms with van der Waals surface area (Å²) in [5.41, 5.74) is 16.2. The molecule has 5 aromatic heterocycles. The van der Waals surface area contributed by atoms with Crippen LogP contribution in [0.3, 0.4) is 0 Å². The normalized spacial score (nSPS) is 16.8. The molecule has 0 saturated carbocycles. The molecule has 226 valence electrons. The molecule has 0 radical (unpaired) electrons. The highest BCUT2D eigenvalue weighted by Crippen LogP contribution is 2.40. The number of H-pyrrole nitrogens is 1. The molecule has 1 N–H and O–H groups in total. The second-order valence-corrected chi connectivity index (χ2v) is 11.7. The van der Waals surface area contributed by atoms with Crippen LogP contribution in [0.4, 0.5) is 0 Å². The van der Waals surface area contributed by atoms with Gasteiger partial charge in [-0.2, -0.15) is 0 Å². The van der Waals surface area contributed by atoms with Crippen LogP contribution >= 0.6 is 0 Å². The SMILES string of the molecule is C1=CC2=C(c3ccncc3)c3ccc([nH]3)C(c3ccncc3)=C3C=CC(=N3)C(c3ccncc3)=C3C=CC(=C(c4ccncc4)C1=N2)C3. The Morgan fingerprint density at radius 2 is 0.729 bits per heavy atom. The molecule has 0 amide bonds. The van der Waals surface area contributed by atoms with E-state index in [0.29, 0.717) is 0 Å². The Kier molecular flexibility index (Phi) is 6.72. The van der Waals surface area contributed by atoms with E-state index in [4.69, 9.17) is 9.98 Å². The minimum Gasteiger partial charge on any atom is -0.354 e. The van der Waals surface area contributed by atoms with Gasteiger partial charge in [-0.15, -0.1) is 0 Å². The van der Waals surface area contributed by atoms with Crippen LogP contribution in [-0.2, 0) is 0 Å². The summed E-state index contributed by atoms with van der Waals surface area (Å²) >= 11 is 0. The summed E-state index contributed by atoms with van der Waals surface area (Å²) in [5, 5.41) is 0. The zero-order valence-corrected chi connectivity index (χ0v) is 25.7. The van der Waals surface area contributed by atoms with E-state index in [9.17, 15) is 0 Å². The van der Waals surface area contributed by atoms with Crippen molar-refractivity contribution in [2.45, 2.75) is 6.42 Å². The molecule has 0 saturated heterocycles. The average Bonchev–Trinajstić information content (AvgIpc) is 3.98. The standard InChI is InChI=1S/C41H27N7/c1-2-31-25-30(1)38(26-9-17-42-18-10-26)32-3-5-34(46-32)40(28-13-21-44-22-14-28)36-7-8-37(48-36)41(29-15-23-45-24-16-29)35-6-4-33(47-35)39(31)27-11-19-43-20-12-27/h1-24,48H,25H2. The van der Waals surface area contributed by atoms with E-state index in [-0.39, 0.29) is 0 Å². The molecule has 0 fully saturated rings. The highest BCUT2D eigenvalue weighted by Gasteiger charge is 2.26. The van der Waals surface area contributed by atoms with Crippen LogP contribution in [0.5, 0.6) is 0 Å². The number of hydrogen-bond donors (Lipinski definition) is 1. The molecule has 0 spiro atoms. The summed E-state index contributed by atoms with van der Waals surface area (Å²) in [6.45, 7) is 0. The van der Waals surface area contributed by atoms with Gasteiger partial charge in [-0.1, -0.05) is 12.2 Å². The zero-order chi connectivity index (χ0) is 31.9. The number of nitrogens with one attached hydrogen (secondary N) is 1. The van der Waals surface area contributed by atoms with Crippen LogP contribution in [-0.4, -0.2) is 36.3 Å². The van der Waals surface area contributed by atoms with Gasteiger partial charge in [-0.3, -0.25) is 19.9 Å². The van der Waals surface area contributed by atoms with Crippen molar-refractivity contribution in [1.29, 1.82) is 0 Å². The molecule has 0 aromatic carbocycles. The maximum absolute atomic E-state index is 5.33. The van der Waals surface area contributed by atoms with Gasteiger partial charge in [-0.05, 0) is 125 Å². The third-order valence-corrected chi connectivity index (χ3v) is 8.91. The third kappa shape index (κ3) is 4.85. The maximum atomic E-state index is 5.33. The van der Waals surface area contributed by atoms with Gasteiger partial charge in [-0.25, -0.2) is 9.98 Å². The predicted molar refractivity (Wildman–Crippen MR) is 191 cm³/mol. The molecule has 3 aliphatic heterocycles. The lowest BCUT2D eigenvalue weighted by atomic mass is 9.92. The fourth-order valence-electron chi connectivity index (χ4n) is 6.79. The van der Waals surface area contributed by atoms with Gasteiger partial charge in [0.25, 0.3) is 0 Å². The van der Waals surface area contributed by atoms with Gasteiger partial charge in [0.05, 0.1) is 22.8 Å². The van der Waals surface area contributed by atoms with Crippen molar-refractivity contribution in [1.82, 2.24) is 24.9 Å². The van der Waals surface area contributed by atoms with E-state index >= 15 is 0 Å². The predicted octanol–water partition coefficient (Wildman–Crippen LogP) is 8.02. The lowest BCUT2D eigenvalue weighted by molar-refractivity contribution is 1.25. The average molecular weight is 618 g/mol. The number of rotatable bonds is 4. The highest BCUT2D eigenvalue weighted by atomic mass is 14.8. The van der Waals surface area contributed by atoms with Gasteiger partial charge in [0.2, 0.25) is 0 Å². The molecule has 7 heteroatoms. The molecule has 8 heterocycles. The largest absolute Gasteiger partial charge is 0.354 e. The lowest BCUT2D eigenvalue weighted by Gasteiger charge is -2.14. The topological polar surface area (TPSA) is 92.1 Å². The van der Waals surface area contributed by atoms with Crippen LogP contribution in [0.25, 0.3) is 22.3 Å². The van der Waals surface area contributed by atoms with Gasteiger partial charge in [0.1, 0.15) is 0 Å². The van der Waals surface area contributed by atoms with E-state index < -0.39 is 0 Å². The summed E-state index contributed by atoms with van der Waals surface area (Å²) in [6, 6.07) is 20.6. The minimum atomic E-state index is 0.722. The molecule has 5 aromatic rings. The molecule has 48 heavy (non-hydrogen) atoms. The molecule has 8 bridgehead atoms. The quantitative estimate of drug-likeness (QED) is 0.221. The summed E-state index contributed by atoms with van der Waals surface area (Å²) in [6.07, 6.45) is 28.3. The van der Waals surface area contributed by atoms with Crippen molar-refractivity contribution in [2.75, 3.05) is 0 Å². The Morgan fingerprint density at radius 3 is 1.10 bits per heavy atom. The Morgan fingerprint density at radius 1 is 0.375 bits per heavy atom. The van der Waals surface area contributed by atoms with Crippen LogP contribution in [0, 0.1) is 0 Å². The molecular formula is C41H27N7. The molecule has 9 rings (SSSR count). The number of aromatic amines is 1. The first kappa shape index (κ1) is 27.7.